The molecule has 2 saturated heterocycles. The Balaban J connectivity index is 1.48. The molecule has 2 fully saturated rings. The molecule has 0 saturated carbocycles. The first-order valence-electron chi connectivity index (χ1n) is 10.8. The molecule has 30 heavy (non-hydrogen) atoms. The van der Waals surface area contributed by atoms with E-state index in [-0.39, 0.29) is 5.91 Å². The second-order valence-electron chi connectivity index (χ2n) is 8.28. The second-order valence-corrected chi connectivity index (χ2v) is 8.28. The first-order chi connectivity index (χ1) is 14.6. The fraction of sp³-hybridized carbons (Fsp3) is 0.417. The highest BCUT2D eigenvalue weighted by Gasteiger charge is 2.52. The minimum absolute atomic E-state index is 0.0875. The Morgan fingerprint density at radius 1 is 1.17 bits per heavy atom. The Labute approximate surface area is 175 Å². The van der Waals surface area contributed by atoms with Crippen molar-refractivity contribution in [3.63, 3.8) is 0 Å². The summed E-state index contributed by atoms with van der Waals surface area (Å²) in [5.74, 6) is -0.495. The Hall–Kier alpha value is -2.73. The van der Waals surface area contributed by atoms with Crippen LogP contribution in [0.3, 0.4) is 0 Å². The normalized spacial score (nSPS) is 21.6. The standard InChI is InChI=1S/C24H26FN3O2/c1-2-17-7-10-22-26-14-21(28(22)15-17)24(16-30-24)19-9-8-18(13-20(19)25)23(29)27-11-5-3-4-6-12-27/h7-10,13-15H,2-6,11-12,16H2,1H3. The van der Waals surface area contributed by atoms with Crippen LogP contribution in [0.25, 0.3) is 5.65 Å². The number of likely N-dealkylation sites (tertiary alicyclic amines) is 1. The number of aromatic nitrogens is 2. The Kier molecular flexibility index (Phi) is 4.82. The molecule has 1 amide bonds. The van der Waals surface area contributed by atoms with Crippen LogP contribution in [0.4, 0.5) is 4.39 Å². The average Bonchev–Trinajstić information content (AvgIpc) is 3.52. The highest BCUT2D eigenvalue weighted by atomic mass is 19.1. The number of nitrogens with zero attached hydrogens (tertiary/aromatic N) is 3. The highest BCUT2D eigenvalue weighted by Crippen LogP contribution is 2.46. The molecule has 5 rings (SSSR count). The van der Waals surface area contributed by atoms with Crippen LogP contribution in [0, 0.1) is 5.82 Å². The van der Waals surface area contributed by atoms with Gasteiger partial charge >= 0.3 is 0 Å². The number of benzene rings is 1. The van der Waals surface area contributed by atoms with E-state index in [0.29, 0.717) is 17.7 Å². The number of fused-ring (bicyclic) bond motifs is 1. The van der Waals surface area contributed by atoms with Crippen molar-refractivity contribution >= 4 is 11.6 Å². The Morgan fingerprint density at radius 3 is 2.60 bits per heavy atom. The first kappa shape index (κ1) is 19.2. The van der Waals surface area contributed by atoms with Crippen LogP contribution in [0.2, 0.25) is 0 Å². The molecule has 0 radical (unpaired) electrons. The molecular formula is C24H26FN3O2. The molecule has 2 aliphatic heterocycles. The maximum atomic E-state index is 15.3. The average molecular weight is 407 g/mol. The number of rotatable bonds is 4. The molecule has 1 unspecified atom stereocenters. The molecule has 1 atom stereocenters. The number of carbonyl (C=O) groups is 1. The number of pyridine rings is 1. The molecular weight excluding hydrogens is 381 g/mol. The number of ether oxygens (including phenoxy) is 1. The number of imidazole rings is 1. The maximum Gasteiger partial charge on any atom is 0.253 e. The molecule has 0 bridgehead atoms. The number of carbonyl (C=O) groups excluding carboxylic acids is 1. The summed E-state index contributed by atoms with van der Waals surface area (Å²) < 4.78 is 23.1. The molecule has 3 aromatic rings. The van der Waals surface area contributed by atoms with Gasteiger partial charge in [0.25, 0.3) is 5.91 Å². The lowest BCUT2D eigenvalue weighted by atomic mass is 9.94. The molecule has 6 heteroatoms. The number of hydrogen-bond donors (Lipinski definition) is 0. The third kappa shape index (κ3) is 3.19. The van der Waals surface area contributed by atoms with Crippen molar-refractivity contribution in [1.82, 2.24) is 14.3 Å². The van der Waals surface area contributed by atoms with Crippen LogP contribution in [0.5, 0.6) is 0 Å². The fourth-order valence-electron chi connectivity index (χ4n) is 4.48. The zero-order valence-electron chi connectivity index (χ0n) is 17.2. The van der Waals surface area contributed by atoms with Gasteiger partial charge in [-0.1, -0.05) is 31.9 Å². The summed E-state index contributed by atoms with van der Waals surface area (Å²) in [6.45, 7) is 3.99. The predicted octanol–water partition coefficient (Wildman–Crippen LogP) is 4.33. The lowest BCUT2D eigenvalue weighted by Gasteiger charge is -2.21. The summed E-state index contributed by atoms with van der Waals surface area (Å²) >= 11 is 0. The lowest BCUT2D eigenvalue weighted by molar-refractivity contribution is 0.0761. The second kappa shape index (κ2) is 7.51. The molecule has 0 spiro atoms. The van der Waals surface area contributed by atoms with Gasteiger partial charge in [-0.2, -0.15) is 0 Å². The van der Waals surface area contributed by atoms with E-state index in [1.807, 2.05) is 21.6 Å². The number of epoxide rings is 1. The molecule has 4 heterocycles. The van der Waals surface area contributed by atoms with E-state index >= 15 is 4.39 Å². The third-order valence-corrected chi connectivity index (χ3v) is 6.37. The van der Waals surface area contributed by atoms with Crippen molar-refractivity contribution in [1.29, 1.82) is 0 Å². The largest absolute Gasteiger partial charge is 0.358 e. The molecule has 2 aliphatic rings. The van der Waals surface area contributed by atoms with Gasteiger partial charge in [0, 0.05) is 30.4 Å². The van der Waals surface area contributed by atoms with Crippen LogP contribution in [-0.2, 0) is 16.8 Å². The van der Waals surface area contributed by atoms with Crippen molar-refractivity contribution in [2.75, 3.05) is 19.7 Å². The van der Waals surface area contributed by atoms with Crippen molar-refractivity contribution in [2.45, 2.75) is 44.6 Å². The maximum absolute atomic E-state index is 15.3. The Bertz CT molecular complexity index is 1100. The van der Waals surface area contributed by atoms with E-state index in [1.165, 1.54) is 11.6 Å². The minimum Gasteiger partial charge on any atom is -0.358 e. The number of halogens is 1. The van der Waals surface area contributed by atoms with Gasteiger partial charge in [0.2, 0.25) is 0 Å². The van der Waals surface area contributed by atoms with Gasteiger partial charge in [-0.05, 0) is 43.0 Å². The predicted molar refractivity (Wildman–Crippen MR) is 112 cm³/mol. The van der Waals surface area contributed by atoms with Crippen LogP contribution in [-0.4, -0.2) is 39.9 Å². The van der Waals surface area contributed by atoms with E-state index in [1.54, 1.807) is 18.3 Å². The van der Waals surface area contributed by atoms with Crippen LogP contribution in [0.15, 0.2) is 42.7 Å². The topological polar surface area (TPSA) is 50.1 Å². The summed E-state index contributed by atoms with van der Waals surface area (Å²) in [6.07, 6.45) is 9.03. The van der Waals surface area contributed by atoms with Crippen molar-refractivity contribution in [3.8, 4) is 0 Å². The van der Waals surface area contributed by atoms with Crippen molar-refractivity contribution < 1.29 is 13.9 Å². The smallest absolute Gasteiger partial charge is 0.253 e. The molecule has 0 aliphatic carbocycles. The van der Waals surface area contributed by atoms with E-state index < -0.39 is 11.4 Å². The molecule has 156 valence electrons. The minimum atomic E-state index is -0.847. The van der Waals surface area contributed by atoms with Crippen molar-refractivity contribution in [2.24, 2.45) is 0 Å². The number of hydrogen-bond acceptors (Lipinski definition) is 3. The summed E-state index contributed by atoms with van der Waals surface area (Å²) in [5, 5.41) is 0. The SMILES string of the molecule is CCc1ccc2ncc(C3(c4ccc(C(=O)N5CCCCCC5)cc4F)CO3)n2c1. The van der Waals surface area contributed by atoms with E-state index in [9.17, 15) is 4.79 Å². The highest BCUT2D eigenvalue weighted by molar-refractivity contribution is 5.94. The summed E-state index contributed by atoms with van der Waals surface area (Å²) in [5.41, 5.74) is 2.82. The van der Waals surface area contributed by atoms with Gasteiger partial charge in [0.05, 0.1) is 18.5 Å². The van der Waals surface area contributed by atoms with Crippen LogP contribution >= 0.6 is 0 Å². The molecule has 1 aromatic carbocycles. The fourth-order valence-corrected chi connectivity index (χ4v) is 4.48. The number of aryl methyl sites for hydroxylation is 1. The summed E-state index contributed by atoms with van der Waals surface area (Å²) in [4.78, 5) is 19.2. The van der Waals surface area contributed by atoms with Gasteiger partial charge in [-0.25, -0.2) is 9.37 Å². The van der Waals surface area contributed by atoms with Gasteiger partial charge in [-0.15, -0.1) is 0 Å². The first-order valence-corrected chi connectivity index (χ1v) is 10.8. The zero-order valence-corrected chi connectivity index (χ0v) is 17.2. The molecule has 2 aromatic heterocycles. The van der Waals surface area contributed by atoms with E-state index in [0.717, 1.165) is 56.5 Å². The zero-order chi connectivity index (χ0) is 20.7. The van der Waals surface area contributed by atoms with Gasteiger partial charge < -0.3 is 14.0 Å². The summed E-state index contributed by atoms with van der Waals surface area (Å²) in [7, 11) is 0. The quantitative estimate of drug-likeness (QED) is 0.605. The van der Waals surface area contributed by atoms with Crippen LogP contribution < -0.4 is 0 Å². The number of amides is 1. The molecule has 0 N–H and O–H groups in total. The van der Waals surface area contributed by atoms with Gasteiger partial charge in [0.1, 0.15) is 11.5 Å². The molecule has 5 nitrogen and oxygen atoms in total. The lowest BCUT2D eigenvalue weighted by Crippen LogP contribution is -2.32. The van der Waals surface area contributed by atoms with Gasteiger partial charge in [0.15, 0.2) is 5.60 Å². The Morgan fingerprint density at radius 2 is 1.93 bits per heavy atom. The van der Waals surface area contributed by atoms with E-state index in [4.69, 9.17) is 4.74 Å². The third-order valence-electron chi connectivity index (χ3n) is 6.37. The van der Waals surface area contributed by atoms with Crippen molar-refractivity contribution in [3.05, 3.63) is 70.9 Å². The summed E-state index contributed by atoms with van der Waals surface area (Å²) in [6, 6.07) is 8.83. The monoisotopic (exact) mass is 407 g/mol. The van der Waals surface area contributed by atoms with E-state index in [2.05, 4.69) is 18.0 Å². The van der Waals surface area contributed by atoms with Gasteiger partial charge in [-0.3, -0.25) is 4.79 Å². The van der Waals surface area contributed by atoms with Crippen LogP contribution in [0.1, 0.15) is 59.8 Å².